The SMILES string of the molecule is COc1cccc(-n2c(-c3cccc(F)c3)nc3c(N)nc(C#CC4(O)CCCCC4)nc32)c1.Cl. The molecule has 7 nitrogen and oxygen atoms in total. The van der Waals surface area contributed by atoms with Gasteiger partial charge < -0.3 is 15.6 Å². The van der Waals surface area contributed by atoms with Gasteiger partial charge in [0.1, 0.15) is 23.0 Å². The van der Waals surface area contributed by atoms with Gasteiger partial charge in [0.25, 0.3) is 0 Å². The number of fused-ring (bicyclic) bond motifs is 1. The summed E-state index contributed by atoms with van der Waals surface area (Å²) in [5.41, 5.74) is 7.31. The molecule has 180 valence electrons. The Labute approximate surface area is 208 Å². The van der Waals surface area contributed by atoms with Crippen molar-refractivity contribution < 1.29 is 14.2 Å². The summed E-state index contributed by atoms with van der Waals surface area (Å²) in [5, 5.41) is 10.8. The molecule has 1 fully saturated rings. The van der Waals surface area contributed by atoms with Crippen LogP contribution < -0.4 is 10.5 Å². The van der Waals surface area contributed by atoms with Crippen molar-refractivity contribution >= 4 is 29.4 Å². The molecule has 1 aliphatic rings. The van der Waals surface area contributed by atoms with Crippen molar-refractivity contribution in [1.82, 2.24) is 19.5 Å². The molecule has 4 aromatic rings. The minimum atomic E-state index is -1.04. The van der Waals surface area contributed by atoms with E-state index in [0.717, 1.165) is 19.3 Å². The molecule has 0 atom stereocenters. The fourth-order valence-corrected chi connectivity index (χ4v) is 4.28. The molecular weight excluding hydrogens is 469 g/mol. The van der Waals surface area contributed by atoms with Gasteiger partial charge in [0.2, 0.25) is 5.82 Å². The van der Waals surface area contributed by atoms with Gasteiger partial charge in [0.15, 0.2) is 17.0 Å². The van der Waals surface area contributed by atoms with E-state index in [1.165, 1.54) is 12.1 Å². The molecule has 2 heterocycles. The first-order chi connectivity index (χ1) is 16.5. The van der Waals surface area contributed by atoms with Crippen LogP contribution in [-0.4, -0.2) is 37.3 Å². The first kappa shape index (κ1) is 24.5. The molecule has 0 spiro atoms. The highest BCUT2D eigenvalue weighted by Gasteiger charge is 2.27. The highest BCUT2D eigenvalue weighted by Crippen LogP contribution is 2.31. The Bertz CT molecular complexity index is 1440. The zero-order valence-electron chi connectivity index (χ0n) is 19.2. The van der Waals surface area contributed by atoms with Crippen LogP contribution in [0.25, 0.3) is 28.2 Å². The van der Waals surface area contributed by atoms with Gasteiger partial charge in [0, 0.05) is 11.6 Å². The topological polar surface area (TPSA) is 99.1 Å². The maximum atomic E-state index is 14.1. The Morgan fingerprint density at radius 1 is 1.06 bits per heavy atom. The van der Waals surface area contributed by atoms with E-state index in [-0.39, 0.29) is 29.9 Å². The van der Waals surface area contributed by atoms with Crippen molar-refractivity contribution in [2.24, 2.45) is 0 Å². The number of aliphatic hydroxyl groups is 1. The molecular formula is C26H25ClFN5O2. The predicted molar refractivity (Wildman–Crippen MR) is 135 cm³/mol. The van der Waals surface area contributed by atoms with Gasteiger partial charge in [-0.05, 0) is 55.9 Å². The second-order valence-electron chi connectivity index (χ2n) is 8.43. The van der Waals surface area contributed by atoms with Crippen LogP contribution in [-0.2, 0) is 0 Å². The lowest BCUT2D eigenvalue weighted by molar-refractivity contribution is 0.0610. The van der Waals surface area contributed by atoms with E-state index in [2.05, 4.69) is 26.8 Å². The van der Waals surface area contributed by atoms with Gasteiger partial charge in [-0.25, -0.2) is 19.3 Å². The molecule has 0 aliphatic heterocycles. The van der Waals surface area contributed by atoms with Crippen LogP contribution in [0.5, 0.6) is 5.75 Å². The maximum Gasteiger partial charge on any atom is 0.209 e. The number of aromatic nitrogens is 4. The fourth-order valence-electron chi connectivity index (χ4n) is 4.28. The number of nitrogens with zero attached hydrogens (tertiary/aromatic N) is 4. The van der Waals surface area contributed by atoms with E-state index >= 15 is 0 Å². The number of halogens is 2. The van der Waals surface area contributed by atoms with E-state index in [4.69, 9.17) is 10.5 Å². The van der Waals surface area contributed by atoms with Gasteiger partial charge in [0.05, 0.1) is 12.8 Å². The standard InChI is InChI=1S/C26H24FN5O2.ClH/c1-34-20-10-6-9-19(16-20)32-24(17-7-5-8-18(27)15-17)31-22-23(28)29-21(30-25(22)32)11-14-26(33)12-3-2-4-13-26;/h5-10,15-16,33H,2-4,12-13H2,1H3,(H2,28,29,30);1H. The molecule has 0 unspecified atom stereocenters. The van der Waals surface area contributed by atoms with Crippen LogP contribution in [0, 0.1) is 17.7 Å². The van der Waals surface area contributed by atoms with Gasteiger partial charge in [-0.1, -0.05) is 30.5 Å². The van der Waals surface area contributed by atoms with Crippen molar-refractivity contribution in [2.45, 2.75) is 37.7 Å². The molecule has 0 saturated heterocycles. The number of benzene rings is 2. The summed E-state index contributed by atoms with van der Waals surface area (Å²) < 4.78 is 21.2. The zero-order valence-corrected chi connectivity index (χ0v) is 20.0. The largest absolute Gasteiger partial charge is 0.497 e. The molecule has 1 aliphatic carbocycles. The lowest BCUT2D eigenvalue weighted by atomic mass is 9.85. The van der Waals surface area contributed by atoms with E-state index in [1.54, 1.807) is 23.8 Å². The van der Waals surface area contributed by atoms with E-state index in [9.17, 15) is 9.50 Å². The Kier molecular flexibility index (Phi) is 6.92. The number of nitrogen functional groups attached to an aromatic ring is 1. The maximum absolute atomic E-state index is 14.1. The third-order valence-electron chi connectivity index (χ3n) is 6.02. The van der Waals surface area contributed by atoms with Crippen molar-refractivity contribution in [2.75, 3.05) is 12.8 Å². The third kappa shape index (κ3) is 4.92. The molecule has 2 aromatic heterocycles. The molecule has 0 radical (unpaired) electrons. The quantitative estimate of drug-likeness (QED) is 0.402. The number of nitrogens with two attached hydrogens (primary N) is 1. The average Bonchev–Trinajstić information content (AvgIpc) is 3.24. The van der Waals surface area contributed by atoms with Crippen LogP contribution >= 0.6 is 12.4 Å². The normalized spacial score (nSPS) is 14.6. The summed E-state index contributed by atoms with van der Waals surface area (Å²) in [5.74, 6) is 6.95. The molecule has 3 N–H and O–H groups in total. The van der Waals surface area contributed by atoms with Crippen LogP contribution in [0.3, 0.4) is 0 Å². The molecule has 0 amide bonds. The molecule has 5 rings (SSSR count). The van der Waals surface area contributed by atoms with Crippen molar-refractivity contribution in [3.8, 4) is 34.7 Å². The Morgan fingerprint density at radius 3 is 2.57 bits per heavy atom. The molecule has 0 bridgehead atoms. The summed E-state index contributed by atoms with van der Waals surface area (Å²) in [4.78, 5) is 13.6. The van der Waals surface area contributed by atoms with Crippen LogP contribution in [0.15, 0.2) is 48.5 Å². The number of hydrogen-bond donors (Lipinski definition) is 2. The first-order valence-corrected chi connectivity index (χ1v) is 11.2. The number of hydrogen-bond acceptors (Lipinski definition) is 6. The van der Waals surface area contributed by atoms with Crippen molar-refractivity contribution in [1.29, 1.82) is 0 Å². The lowest BCUT2D eigenvalue weighted by Crippen LogP contribution is -2.29. The van der Waals surface area contributed by atoms with Crippen LogP contribution in [0.1, 0.15) is 37.9 Å². The molecule has 35 heavy (non-hydrogen) atoms. The Morgan fingerprint density at radius 2 is 1.83 bits per heavy atom. The third-order valence-corrected chi connectivity index (χ3v) is 6.02. The zero-order chi connectivity index (χ0) is 23.7. The van der Waals surface area contributed by atoms with Gasteiger partial charge in [-0.2, -0.15) is 0 Å². The number of anilines is 1. The first-order valence-electron chi connectivity index (χ1n) is 11.2. The van der Waals surface area contributed by atoms with Crippen LogP contribution in [0.2, 0.25) is 0 Å². The summed E-state index contributed by atoms with van der Waals surface area (Å²) in [7, 11) is 1.59. The number of imidazole rings is 1. The minimum Gasteiger partial charge on any atom is -0.497 e. The monoisotopic (exact) mass is 493 g/mol. The highest BCUT2D eigenvalue weighted by atomic mass is 35.5. The van der Waals surface area contributed by atoms with Gasteiger partial charge in [-0.15, -0.1) is 12.4 Å². The summed E-state index contributed by atoms with van der Waals surface area (Å²) >= 11 is 0. The molecule has 1 saturated carbocycles. The number of rotatable bonds is 3. The average molecular weight is 494 g/mol. The van der Waals surface area contributed by atoms with E-state index in [0.29, 0.717) is 46.8 Å². The molecule has 2 aromatic carbocycles. The predicted octanol–water partition coefficient (Wildman–Crippen LogP) is 4.68. The summed E-state index contributed by atoms with van der Waals surface area (Å²) in [6.07, 6.45) is 4.23. The Balaban J connectivity index is 0.00000289. The summed E-state index contributed by atoms with van der Waals surface area (Å²) in [6, 6.07) is 13.6. The number of methoxy groups -OCH3 is 1. The molecule has 9 heteroatoms. The van der Waals surface area contributed by atoms with Gasteiger partial charge >= 0.3 is 0 Å². The van der Waals surface area contributed by atoms with E-state index in [1.807, 2.05) is 24.3 Å². The fraction of sp³-hybridized carbons (Fsp3) is 0.269. The van der Waals surface area contributed by atoms with Crippen molar-refractivity contribution in [3.63, 3.8) is 0 Å². The van der Waals surface area contributed by atoms with Crippen molar-refractivity contribution in [3.05, 3.63) is 60.2 Å². The lowest BCUT2D eigenvalue weighted by Gasteiger charge is -2.26. The van der Waals surface area contributed by atoms with E-state index < -0.39 is 5.60 Å². The second kappa shape index (κ2) is 9.90. The summed E-state index contributed by atoms with van der Waals surface area (Å²) in [6.45, 7) is 0. The van der Waals surface area contributed by atoms with Gasteiger partial charge in [-0.3, -0.25) is 4.57 Å². The Hall–Kier alpha value is -3.67. The number of ether oxygens (including phenoxy) is 1. The van der Waals surface area contributed by atoms with Crippen LogP contribution in [0.4, 0.5) is 10.2 Å². The second-order valence-corrected chi connectivity index (χ2v) is 8.43. The minimum absolute atomic E-state index is 0. The highest BCUT2D eigenvalue weighted by molar-refractivity contribution is 5.87. The smallest absolute Gasteiger partial charge is 0.209 e.